The summed E-state index contributed by atoms with van der Waals surface area (Å²) in [5, 5.41) is 2.28. The maximum absolute atomic E-state index is 13.1. The molecule has 27 heavy (non-hydrogen) atoms. The largest absolute Gasteiger partial charge is 0.456 e. The van der Waals surface area contributed by atoms with Gasteiger partial charge in [0.25, 0.3) is 5.91 Å². The number of ether oxygens (including phenoxy) is 1. The minimum atomic E-state index is -1.10. The highest BCUT2D eigenvalue weighted by Crippen LogP contribution is 2.16. The minimum Gasteiger partial charge on any atom is -0.456 e. The zero-order valence-electron chi connectivity index (χ0n) is 14.5. The molecule has 5 nitrogen and oxygen atoms in total. The molecule has 0 aliphatic carbocycles. The molecule has 0 saturated heterocycles. The molecule has 1 N–H and O–H groups in total. The summed E-state index contributed by atoms with van der Waals surface area (Å²) in [7, 11) is 0. The van der Waals surface area contributed by atoms with Crippen molar-refractivity contribution in [1.29, 1.82) is 0 Å². The summed E-state index contributed by atoms with van der Waals surface area (Å²) in [6, 6.07) is 9.88. The molecule has 2 aromatic carbocycles. The lowest BCUT2D eigenvalue weighted by Gasteiger charge is -2.07. The Morgan fingerprint density at radius 1 is 1.00 bits per heavy atom. The highest BCUT2D eigenvalue weighted by molar-refractivity contribution is 7.98. The Morgan fingerprint density at radius 3 is 2.33 bits per heavy atom. The molecular weight excluding hydrogens is 376 g/mol. The van der Waals surface area contributed by atoms with Crippen molar-refractivity contribution in [2.75, 3.05) is 18.2 Å². The lowest BCUT2D eigenvalue weighted by Crippen LogP contribution is -2.21. The van der Waals surface area contributed by atoms with Gasteiger partial charge in [-0.05, 0) is 30.5 Å². The van der Waals surface area contributed by atoms with Gasteiger partial charge in [-0.25, -0.2) is 8.78 Å². The molecule has 0 atom stereocenters. The van der Waals surface area contributed by atoms with E-state index in [0.717, 1.165) is 17.0 Å². The monoisotopic (exact) mass is 393 g/mol. The first-order chi connectivity index (χ1) is 12.9. The van der Waals surface area contributed by atoms with Crippen LogP contribution in [0, 0.1) is 11.6 Å². The van der Waals surface area contributed by atoms with Crippen LogP contribution in [0.1, 0.15) is 23.2 Å². The van der Waals surface area contributed by atoms with Crippen LogP contribution in [0.3, 0.4) is 0 Å². The van der Waals surface area contributed by atoms with Crippen LogP contribution in [0.15, 0.2) is 47.4 Å². The summed E-state index contributed by atoms with van der Waals surface area (Å²) in [4.78, 5) is 36.4. The minimum absolute atomic E-state index is 0.0394. The molecule has 0 aliphatic rings. The van der Waals surface area contributed by atoms with Crippen molar-refractivity contribution >= 4 is 35.1 Å². The molecule has 142 valence electrons. The van der Waals surface area contributed by atoms with E-state index < -0.39 is 30.1 Å². The first kappa shape index (κ1) is 20.6. The van der Waals surface area contributed by atoms with Crippen LogP contribution in [0.25, 0.3) is 0 Å². The maximum atomic E-state index is 13.1. The predicted molar refractivity (Wildman–Crippen MR) is 97.7 cm³/mol. The number of amides is 1. The Morgan fingerprint density at radius 2 is 1.70 bits per heavy atom. The number of ketones is 1. The van der Waals surface area contributed by atoms with Gasteiger partial charge in [0.15, 0.2) is 24.0 Å². The molecule has 0 heterocycles. The van der Waals surface area contributed by atoms with Crippen molar-refractivity contribution in [3.63, 3.8) is 0 Å². The molecule has 0 spiro atoms. The molecule has 1 amide bonds. The standard InChI is InChI=1S/C19H17F2NO4S/c1-27-14-5-2-12(3-6-14)17(23)8-9-19(25)26-11-18(24)22-13-4-7-15(20)16(21)10-13/h2-7,10H,8-9,11H2,1H3,(H,22,24). The molecule has 2 rings (SSSR count). The third kappa shape index (κ3) is 6.49. The van der Waals surface area contributed by atoms with Crippen LogP contribution < -0.4 is 5.32 Å². The van der Waals surface area contributed by atoms with E-state index in [1.807, 2.05) is 18.4 Å². The normalized spacial score (nSPS) is 10.3. The second-order valence-electron chi connectivity index (χ2n) is 5.49. The quantitative estimate of drug-likeness (QED) is 0.419. The topological polar surface area (TPSA) is 72.5 Å². The number of Topliss-reactive ketones (excluding diaryl/α,β-unsaturated/α-hetero) is 1. The number of carbonyl (C=O) groups is 3. The van der Waals surface area contributed by atoms with Gasteiger partial charge in [-0.2, -0.15) is 0 Å². The predicted octanol–water partition coefficient (Wildman–Crippen LogP) is 3.83. The molecular formula is C19H17F2NO4S. The fraction of sp³-hybridized carbons (Fsp3) is 0.211. The number of thioether (sulfide) groups is 1. The molecule has 0 fully saturated rings. The van der Waals surface area contributed by atoms with Gasteiger partial charge in [0, 0.05) is 28.6 Å². The number of esters is 1. The van der Waals surface area contributed by atoms with Crippen molar-refractivity contribution in [2.24, 2.45) is 0 Å². The Kier molecular flexibility index (Phi) is 7.48. The van der Waals surface area contributed by atoms with E-state index in [4.69, 9.17) is 4.74 Å². The summed E-state index contributed by atoms with van der Waals surface area (Å²) < 4.78 is 30.7. The second kappa shape index (κ2) is 9.82. The maximum Gasteiger partial charge on any atom is 0.306 e. The van der Waals surface area contributed by atoms with Crippen molar-refractivity contribution in [3.8, 4) is 0 Å². The van der Waals surface area contributed by atoms with E-state index in [9.17, 15) is 23.2 Å². The van der Waals surface area contributed by atoms with E-state index in [0.29, 0.717) is 5.56 Å². The number of rotatable bonds is 8. The Hall–Kier alpha value is -2.74. The van der Waals surface area contributed by atoms with Crippen molar-refractivity contribution in [3.05, 3.63) is 59.7 Å². The van der Waals surface area contributed by atoms with Gasteiger partial charge >= 0.3 is 5.97 Å². The SMILES string of the molecule is CSc1ccc(C(=O)CCC(=O)OCC(=O)Nc2ccc(F)c(F)c2)cc1. The molecule has 2 aromatic rings. The van der Waals surface area contributed by atoms with Gasteiger partial charge in [0.1, 0.15) is 0 Å². The average Bonchev–Trinajstić information content (AvgIpc) is 2.67. The fourth-order valence-corrected chi connectivity index (χ4v) is 2.53. The summed E-state index contributed by atoms with van der Waals surface area (Å²) in [5.41, 5.74) is 0.537. The molecule has 0 bridgehead atoms. The van der Waals surface area contributed by atoms with Gasteiger partial charge < -0.3 is 10.1 Å². The molecule has 8 heteroatoms. The highest BCUT2D eigenvalue weighted by Gasteiger charge is 2.13. The summed E-state index contributed by atoms with van der Waals surface area (Å²) in [6.45, 7) is -0.589. The van der Waals surface area contributed by atoms with Crippen LogP contribution in [0.2, 0.25) is 0 Å². The molecule has 0 radical (unpaired) electrons. The first-order valence-electron chi connectivity index (χ1n) is 7.97. The van der Waals surface area contributed by atoms with E-state index in [-0.39, 0.29) is 24.3 Å². The van der Waals surface area contributed by atoms with Gasteiger partial charge in [0.2, 0.25) is 0 Å². The van der Waals surface area contributed by atoms with Crippen LogP contribution in [0.5, 0.6) is 0 Å². The van der Waals surface area contributed by atoms with E-state index in [1.54, 1.807) is 23.9 Å². The van der Waals surface area contributed by atoms with Crippen LogP contribution in [-0.4, -0.2) is 30.5 Å². The number of hydrogen-bond acceptors (Lipinski definition) is 5. The average molecular weight is 393 g/mol. The third-order valence-electron chi connectivity index (χ3n) is 3.54. The number of nitrogens with one attached hydrogen (secondary N) is 1. The first-order valence-corrected chi connectivity index (χ1v) is 9.19. The molecule has 0 unspecified atom stereocenters. The van der Waals surface area contributed by atoms with Crippen molar-refractivity contribution in [2.45, 2.75) is 17.7 Å². The summed E-state index contributed by atoms with van der Waals surface area (Å²) in [5.74, 6) is -3.75. The number of anilines is 1. The Balaban J connectivity index is 1.74. The number of halogens is 2. The fourth-order valence-electron chi connectivity index (χ4n) is 2.13. The zero-order chi connectivity index (χ0) is 19.8. The van der Waals surface area contributed by atoms with Crippen molar-refractivity contribution in [1.82, 2.24) is 0 Å². The van der Waals surface area contributed by atoms with Crippen LogP contribution >= 0.6 is 11.8 Å². The van der Waals surface area contributed by atoms with Crippen LogP contribution in [-0.2, 0) is 14.3 Å². The number of hydrogen-bond donors (Lipinski definition) is 1. The van der Waals surface area contributed by atoms with Gasteiger partial charge in [-0.15, -0.1) is 11.8 Å². The number of benzene rings is 2. The molecule has 0 aliphatic heterocycles. The van der Waals surface area contributed by atoms with E-state index >= 15 is 0 Å². The van der Waals surface area contributed by atoms with Crippen LogP contribution in [0.4, 0.5) is 14.5 Å². The molecule has 0 saturated carbocycles. The van der Waals surface area contributed by atoms with Gasteiger partial charge in [0.05, 0.1) is 6.42 Å². The third-order valence-corrected chi connectivity index (χ3v) is 4.28. The Labute approximate surface area is 159 Å². The van der Waals surface area contributed by atoms with E-state index in [2.05, 4.69) is 5.32 Å². The zero-order valence-corrected chi connectivity index (χ0v) is 15.3. The Bertz CT molecular complexity index is 840. The second-order valence-corrected chi connectivity index (χ2v) is 6.37. The number of carbonyl (C=O) groups excluding carboxylic acids is 3. The highest BCUT2D eigenvalue weighted by atomic mass is 32.2. The lowest BCUT2D eigenvalue weighted by molar-refractivity contribution is -0.147. The van der Waals surface area contributed by atoms with Gasteiger partial charge in [-0.3, -0.25) is 14.4 Å². The summed E-state index contributed by atoms with van der Waals surface area (Å²) >= 11 is 1.56. The molecule has 0 aromatic heterocycles. The smallest absolute Gasteiger partial charge is 0.306 e. The van der Waals surface area contributed by atoms with Crippen molar-refractivity contribution < 1.29 is 27.9 Å². The summed E-state index contributed by atoms with van der Waals surface area (Å²) in [6.07, 6.45) is 1.72. The van der Waals surface area contributed by atoms with Gasteiger partial charge in [-0.1, -0.05) is 12.1 Å². The van der Waals surface area contributed by atoms with E-state index in [1.165, 1.54) is 6.07 Å². The lowest BCUT2D eigenvalue weighted by atomic mass is 10.1.